The van der Waals surface area contributed by atoms with Crippen LogP contribution < -0.4 is 5.32 Å². The van der Waals surface area contributed by atoms with E-state index in [0.717, 1.165) is 52.4 Å². The molecule has 0 radical (unpaired) electrons. The summed E-state index contributed by atoms with van der Waals surface area (Å²) in [6.07, 6.45) is 3.78. The maximum absolute atomic E-state index is 5.72. The van der Waals surface area contributed by atoms with Crippen LogP contribution >= 0.6 is 0 Å². The van der Waals surface area contributed by atoms with E-state index in [9.17, 15) is 0 Å². The molecule has 1 N–H and O–H groups in total. The summed E-state index contributed by atoms with van der Waals surface area (Å²) >= 11 is 0. The van der Waals surface area contributed by atoms with E-state index in [-0.39, 0.29) is 6.29 Å². The molecule has 0 aromatic rings. The normalized spacial score (nSPS) is 29.7. The van der Waals surface area contributed by atoms with Crippen molar-refractivity contribution in [2.75, 3.05) is 53.0 Å². The van der Waals surface area contributed by atoms with Crippen molar-refractivity contribution in [2.45, 2.75) is 31.7 Å². The van der Waals surface area contributed by atoms with Crippen molar-refractivity contribution in [3.05, 3.63) is 0 Å². The molecule has 2 heterocycles. The van der Waals surface area contributed by atoms with Crippen molar-refractivity contribution in [3.63, 3.8) is 0 Å². The Morgan fingerprint density at radius 3 is 2.94 bits per heavy atom. The van der Waals surface area contributed by atoms with Crippen LogP contribution in [0.1, 0.15) is 19.3 Å². The summed E-state index contributed by atoms with van der Waals surface area (Å²) in [4.78, 5) is 2.26. The van der Waals surface area contributed by atoms with Gasteiger partial charge in [0, 0.05) is 32.8 Å². The zero-order valence-electron chi connectivity index (χ0n) is 11.4. The summed E-state index contributed by atoms with van der Waals surface area (Å²) in [5.74, 6) is 0. The first-order chi connectivity index (χ1) is 8.84. The number of ether oxygens (including phenoxy) is 3. The quantitative estimate of drug-likeness (QED) is 0.749. The third-order valence-electron chi connectivity index (χ3n) is 3.43. The minimum atomic E-state index is 0.0275. The van der Waals surface area contributed by atoms with Gasteiger partial charge in [-0.05, 0) is 26.3 Å². The average molecular weight is 258 g/mol. The van der Waals surface area contributed by atoms with Crippen molar-refractivity contribution in [1.82, 2.24) is 10.2 Å². The highest BCUT2D eigenvalue weighted by atomic mass is 16.7. The zero-order valence-corrected chi connectivity index (χ0v) is 11.4. The molecule has 0 amide bonds. The number of rotatable bonds is 6. The summed E-state index contributed by atoms with van der Waals surface area (Å²) in [6.45, 7) is 6.23. The summed E-state index contributed by atoms with van der Waals surface area (Å²) in [7, 11) is 2.11. The van der Waals surface area contributed by atoms with E-state index in [0.29, 0.717) is 6.10 Å². The van der Waals surface area contributed by atoms with Gasteiger partial charge in [0.05, 0.1) is 19.3 Å². The van der Waals surface area contributed by atoms with Crippen LogP contribution in [-0.4, -0.2) is 70.3 Å². The second-order valence-corrected chi connectivity index (χ2v) is 5.13. The maximum Gasteiger partial charge on any atom is 0.157 e. The molecule has 2 atom stereocenters. The predicted octanol–water partition coefficient (Wildman–Crippen LogP) is 0.450. The van der Waals surface area contributed by atoms with E-state index < -0.39 is 0 Å². The lowest BCUT2D eigenvalue weighted by molar-refractivity contribution is -0.164. The van der Waals surface area contributed by atoms with Crippen molar-refractivity contribution in [3.8, 4) is 0 Å². The first-order valence-electron chi connectivity index (χ1n) is 7.08. The lowest BCUT2D eigenvalue weighted by Crippen LogP contribution is -2.45. The van der Waals surface area contributed by atoms with Gasteiger partial charge in [-0.1, -0.05) is 0 Å². The van der Waals surface area contributed by atoms with E-state index in [1.54, 1.807) is 0 Å². The average Bonchev–Trinajstić information content (AvgIpc) is 2.41. The number of nitrogens with zero attached hydrogens (tertiary/aromatic N) is 1. The molecule has 18 heavy (non-hydrogen) atoms. The lowest BCUT2D eigenvalue weighted by Gasteiger charge is -2.28. The highest BCUT2D eigenvalue weighted by Crippen LogP contribution is 2.13. The molecule has 2 fully saturated rings. The Morgan fingerprint density at radius 2 is 2.22 bits per heavy atom. The van der Waals surface area contributed by atoms with Gasteiger partial charge in [0.2, 0.25) is 0 Å². The third-order valence-corrected chi connectivity index (χ3v) is 3.43. The summed E-state index contributed by atoms with van der Waals surface area (Å²) in [6, 6.07) is 0. The minimum absolute atomic E-state index is 0.0275. The highest BCUT2D eigenvalue weighted by molar-refractivity contribution is 4.70. The highest BCUT2D eigenvalue weighted by Gasteiger charge is 2.17. The van der Waals surface area contributed by atoms with Gasteiger partial charge in [0.1, 0.15) is 0 Å². The fourth-order valence-electron chi connectivity index (χ4n) is 2.36. The van der Waals surface area contributed by atoms with Gasteiger partial charge in [-0.3, -0.25) is 0 Å². The van der Waals surface area contributed by atoms with E-state index in [2.05, 4.69) is 17.3 Å². The molecular weight excluding hydrogens is 232 g/mol. The Morgan fingerprint density at radius 1 is 1.28 bits per heavy atom. The topological polar surface area (TPSA) is 43.0 Å². The van der Waals surface area contributed by atoms with Gasteiger partial charge in [-0.25, -0.2) is 0 Å². The molecule has 0 saturated carbocycles. The molecule has 5 nitrogen and oxygen atoms in total. The molecule has 2 unspecified atom stereocenters. The van der Waals surface area contributed by atoms with Crippen LogP contribution in [0, 0.1) is 0 Å². The Bertz CT molecular complexity index is 216. The first-order valence-corrected chi connectivity index (χ1v) is 7.08. The maximum atomic E-state index is 5.72. The lowest BCUT2D eigenvalue weighted by atomic mass is 10.2. The number of hydrogen-bond acceptors (Lipinski definition) is 5. The van der Waals surface area contributed by atoms with Crippen molar-refractivity contribution in [2.24, 2.45) is 0 Å². The zero-order chi connectivity index (χ0) is 12.6. The molecule has 106 valence electrons. The summed E-state index contributed by atoms with van der Waals surface area (Å²) in [5.41, 5.74) is 0. The fraction of sp³-hybridized carbons (Fsp3) is 1.00. The standard InChI is InChI=1S/C13H26N2O3/c1-15(11-12-10-14-5-8-16-12)6-9-18-13-4-2-3-7-17-13/h12-14H,2-11H2,1H3. The van der Waals surface area contributed by atoms with Crippen LogP contribution in [0.25, 0.3) is 0 Å². The van der Waals surface area contributed by atoms with Gasteiger partial charge in [0.25, 0.3) is 0 Å². The van der Waals surface area contributed by atoms with Crippen LogP contribution in [0.15, 0.2) is 0 Å². The molecule has 0 bridgehead atoms. The molecule has 2 aliphatic heterocycles. The van der Waals surface area contributed by atoms with E-state index in [1.165, 1.54) is 12.8 Å². The largest absolute Gasteiger partial charge is 0.374 e. The number of nitrogens with one attached hydrogen (secondary N) is 1. The van der Waals surface area contributed by atoms with Crippen LogP contribution in [0.5, 0.6) is 0 Å². The second-order valence-electron chi connectivity index (χ2n) is 5.13. The number of likely N-dealkylation sites (N-methyl/N-ethyl adjacent to an activating group) is 1. The number of morpholine rings is 1. The van der Waals surface area contributed by atoms with Crippen LogP contribution in [-0.2, 0) is 14.2 Å². The molecule has 0 spiro atoms. The minimum Gasteiger partial charge on any atom is -0.374 e. The number of hydrogen-bond donors (Lipinski definition) is 1. The third kappa shape index (κ3) is 5.20. The SMILES string of the molecule is CN(CCOC1CCCCO1)CC1CNCCO1. The molecule has 0 aromatic carbocycles. The van der Waals surface area contributed by atoms with E-state index >= 15 is 0 Å². The summed E-state index contributed by atoms with van der Waals surface area (Å²) in [5, 5.41) is 3.35. The monoisotopic (exact) mass is 258 g/mol. The Balaban J connectivity index is 1.52. The molecule has 2 saturated heterocycles. The second kappa shape index (κ2) is 8.07. The molecular formula is C13H26N2O3. The smallest absolute Gasteiger partial charge is 0.157 e. The van der Waals surface area contributed by atoms with Gasteiger partial charge in [0.15, 0.2) is 6.29 Å². The van der Waals surface area contributed by atoms with Crippen LogP contribution in [0.4, 0.5) is 0 Å². The molecule has 2 rings (SSSR count). The van der Waals surface area contributed by atoms with Gasteiger partial charge in [-0.2, -0.15) is 0 Å². The molecule has 2 aliphatic rings. The Kier molecular flexibility index (Phi) is 6.37. The van der Waals surface area contributed by atoms with Crippen molar-refractivity contribution < 1.29 is 14.2 Å². The first kappa shape index (κ1) is 14.2. The Hall–Kier alpha value is -0.200. The van der Waals surface area contributed by atoms with Crippen molar-refractivity contribution in [1.29, 1.82) is 0 Å². The van der Waals surface area contributed by atoms with Crippen LogP contribution in [0.2, 0.25) is 0 Å². The summed E-state index contributed by atoms with van der Waals surface area (Å²) < 4.78 is 16.9. The van der Waals surface area contributed by atoms with Gasteiger partial charge in [-0.15, -0.1) is 0 Å². The van der Waals surface area contributed by atoms with E-state index in [4.69, 9.17) is 14.2 Å². The molecule has 0 aromatic heterocycles. The fourth-order valence-corrected chi connectivity index (χ4v) is 2.36. The molecule has 0 aliphatic carbocycles. The predicted molar refractivity (Wildman–Crippen MR) is 69.6 cm³/mol. The molecule has 5 heteroatoms. The van der Waals surface area contributed by atoms with Gasteiger partial charge < -0.3 is 24.4 Å². The van der Waals surface area contributed by atoms with Crippen molar-refractivity contribution >= 4 is 0 Å². The van der Waals surface area contributed by atoms with Gasteiger partial charge >= 0.3 is 0 Å². The Labute approximate surface area is 110 Å². The van der Waals surface area contributed by atoms with E-state index in [1.807, 2.05) is 0 Å². The van der Waals surface area contributed by atoms with Crippen LogP contribution in [0.3, 0.4) is 0 Å².